The Bertz CT molecular complexity index is 871. The van der Waals surface area contributed by atoms with Crippen molar-refractivity contribution in [1.82, 2.24) is 0 Å². The maximum atomic E-state index is 4.73. The van der Waals surface area contributed by atoms with Crippen LogP contribution in [0.4, 0.5) is 0 Å². The molecule has 0 N–H and O–H groups in total. The summed E-state index contributed by atoms with van der Waals surface area (Å²) in [6, 6.07) is 29.9. The summed E-state index contributed by atoms with van der Waals surface area (Å²) in [5.41, 5.74) is 5.33. The molecule has 119 valence electrons. The van der Waals surface area contributed by atoms with Gasteiger partial charge in [0, 0.05) is 32.0 Å². The SMILES string of the molecule is [Ir].[c-]1ccc(-c2ccccc2)cc1C1=NC(c2ccccc2)N=C1. The predicted octanol–water partition coefficient (Wildman–Crippen LogP) is 4.72. The molecule has 3 heteroatoms. The van der Waals surface area contributed by atoms with Crippen molar-refractivity contribution in [3.05, 3.63) is 96.1 Å². The molecule has 0 bridgehead atoms. The average Bonchev–Trinajstić information content (AvgIpc) is 3.14. The van der Waals surface area contributed by atoms with Crippen molar-refractivity contribution in [2.75, 3.05) is 0 Å². The van der Waals surface area contributed by atoms with Crippen molar-refractivity contribution in [3.63, 3.8) is 0 Å². The standard InChI is InChI=1S/C21H15N2.Ir/c1-3-8-16(9-4-1)18-12-7-13-19(14-18)20-15-22-21(23-20)17-10-5-2-6-11-17;/h1-12,14-15,21H;/q-1;. The summed E-state index contributed by atoms with van der Waals surface area (Å²) in [6.45, 7) is 0. The maximum Gasteiger partial charge on any atom is 0.155 e. The summed E-state index contributed by atoms with van der Waals surface area (Å²) >= 11 is 0. The first-order valence-corrected chi connectivity index (χ1v) is 7.63. The molecule has 1 atom stereocenters. The minimum Gasteiger partial charge on any atom is -0.301 e. The van der Waals surface area contributed by atoms with E-state index in [1.807, 2.05) is 48.7 Å². The minimum absolute atomic E-state index is 0. The fourth-order valence-corrected chi connectivity index (χ4v) is 2.69. The Morgan fingerprint density at radius 3 is 2.25 bits per heavy atom. The Hall–Kier alpha value is -2.35. The molecule has 4 rings (SSSR count). The molecule has 1 unspecified atom stereocenters. The molecule has 0 aromatic heterocycles. The molecule has 3 aromatic carbocycles. The minimum atomic E-state index is -0.139. The molecular formula is C21H15IrN2-. The van der Waals surface area contributed by atoms with E-state index in [0.717, 1.165) is 16.8 Å². The quantitative estimate of drug-likeness (QED) is 0.478. The fourth-order valence-electron chi connectivity index (χ4n) is 2.69. The topological polar surface area (TPSA) is 24.7 Å². The number of rotatable bonds is 3. The van der Waals surface area contributed by atoms with Crippen LogP contribution in [-0.4, -0.2) is 11.9 Å². The summed E-state index contributed by atoms with van der Waals surface area (Å²) in [7, 11) is 0. The van der Waals surface area contributed by atoms with Crippen LogP contribution in [-0.2, 0) is 20.1 Å². The molecule has 0 saturated heterocycles. The summed E-state index contributed by atoms with van der Waals surface area (Å²) in [5, 5.41) is 0. The fraction of sp³-hybridized carbons (Fsp3) is 0.0476. The van der Waals surface area contributed by atoms with Gasteiger partial charge in [0.25, 0.3) is 0 Å². The zero-order valence-electron chi connectivity index (χ0n) is 12.9. The molecule has 1 aliphatic rings. The first-order valence-electron chi connectivity index (χ1n) is 7.63. The van der Waals surface area contributed by atoms with Crippen molar-refractivity contribution >= 4 is 11.9 Å². The number of aliphatic imine (C=N–C) groups is 2. The van der Waals surface area contributed by atoms with Crippen LogP contribution >= 0.6 is 0 Å². The van der Waals surface area contributed by atoms with Gasteiger partial charge in [-0.25, -0.2) is 0 Å². The first kappa shape index (κ1) is 16.5. The normalized spacial score (nSPS) is 15.7. The van der Waals surface area contributed by atoms with E-state index in [-0.39, 0.29) is 26.3 Å². The van der Waals surface area contributed by atoms with Crippen LogP contribution in [0.5, 0.6) is 0 Å². The zero-order valence-corrected chi connectivity index (χ0v) is 15.3. The monoisotopic (exact) mass is 488 g/mol. The first-order chi connectivity index (χ1) is 11.4. The molecule has 0 saturated carbocycles. The van der Waals surface area contributed by atoms with Gasteiger partial charge >= 0.3 is 0 Å². The third-order valence-corrected chi connectivity index (χ3v) is 3.88. The van der Waals surface area contributed by atoms with Crippen LogP contribution in [0.25, 0.3) is 11.1 Å². The van der Waals surface area contributed by atoms with Crippen molar-refractivity contribution < 1.29 is 20.1 Å². The van der Waals surface area contributed by atoms with Gasteiger partial charge in [0.2, 0.25) is 0 Å². The second-order valence-corrected chi connectivity index (χ2v) is 5.43. The maximum absolute atomic E-state index is 4.73. The zero-order chi connectivity index (χ0) is 15.5. The second-order valence-electron chi connectivity index (χ2n) is 5.43. The van der Waals surface area contributed by atoms with Crippen molar-refractivity contribution in [3.8, 4) is 11.1 Å². The molecule has 3 aromatic rings. The van der Waals surface area contributed by atoms with Gasteiger partial charge in [-0.05, 0) is 11.1 Å². The Morgan fingerprint density at radius 2 is 1.50 bits per heavy atom. The summed E-state index contributed by atoms with van der Waals surface area (Å²) in [5.74, 6) is 0. The summed E-state index contributed by atoms with van der Waals surface area (Å²) < 4.78 is 0. The van der Waals surface area contributed by atoms with Crippen molar-refractivity contribution in [2.45, 2.75) is 6.17 Å². The van der Waals surface area contributed by atoms with Crippen LogP contribution in [0.1, 0.15) is 17.3 Å². The van der Waals surface area contributed by atoms with Crippen molar-refractivity contribution in [1.29, 1.82) is 0 Å². The number of hydrogen-bond acceptors (Lipinski definition) is 2. The molecule has 0 amide bonds. The Kier molecular flexibility index (Phi) is 5.14. The van der Waals surface area contributed by atoms with E-state index < -0.39 is 0 Å². The van der Waals surface area contributed by atoms with Crippen LogP contribution in [0.15, 0.2) is 88.8 Å². The van der Waals surface area contributed by atoms with Gasteiger partial charge in [-0.2, -0.15) is 0 Å². The molecule has 0 spiro atoms. The van der Waals surface area contributed by atoms with E-state index in [0.29, 0.717) is 0 Å². The van der Waals surface area contributed by atoms with Crippen LogP contribution in [0.2, 0.25) is 0 Å². The van der Waals surface area contributed by atoms with E-state index in [1.165, 1.54) is 11.1 Å². The molecular weight excluding hydrogens is 472 g/mol. The third-order valence-electron chi connectivity index (χ3n) is 3.88. The van der Waals surface area contributed by atoms with E-state index in [9.17, 15) is 0 Å². The molecule has 24 heavy (non-hydrogen) atoms. The van der Waals surface area contributed by atoms with Crippen LogP contribution in [0, 0.1) is 6.07 Å². The molecule has 0 fully saturated rings. The Labute approximate surface area is 155 Å². The predicted molar refractivity (Wildman–Crippen MR) is 94.9 cm³/mol. The average molecular weight is 488 g/mol. The van der Waals surface area contributed by atoms with Gasteiger partial charge in [0.15, 0.2) is 6.17 Å². The van der Waals surface area contributed by atoms with Gasteiger partial charge < -0.3 is 4.99 Å². The number of hydrogen-bond donors (Lipinski definition) is 0. The number of benzene rings is 3. The number of nitrogens with zero attached hydrogens (tertiary/aromatic N) is 2. The van der Waals surface area contributed by atoms with E-state index >= 15 is 0 Å². The van der Waals surface area contributed by atoms with Gasteiger partial charge in [-0.3, -0.25) is 4.99 Å². The van der Waals surface area contributed by atoms with Gasteiger partial charge in [0.1, 0.15) is 0 Å². The molecule has 2 nitrogen and oxygen atoms in total. The molecule has 1 aliphatic heterocycles. The molecule has 0 aliphatic carbocycles. The van der Waals surface area contributed by atoms with Gasteiger partial charge in [0.05, 0.1) is 0 Å². The molecule has 1 heterocycles. The smallest absolute Gasteiger partial charge is 0.155 e. The molecule has 1 radical (unpaired) electrons. The van der Waals surface area contributed by atoms with Crippen LogP contribution < -0.4 is 0 Å². The van der Waals surface area contributed by atoms with Crippen molar-refractivity contribution in [2.24, 2.45) is 9.98 Å². The van der Waals surface area contributed by atoms with Gasteiger partial charge in [-0.15, -0.1) is 35.4 Å². The van der Waals surface area contributed by atoms with E-state index in [4.69, 9.17) is 4.99 Å². The summed E-state index contributed by atoms with van der Waals surface area (Å²) in [6.07, 6.45) is 1.71. The largest absolute Gasteiger partial charge is 0.301 e. The Morgan fingerprint density at radius 1 is 0.792 bits per heavy atom. The third kappa shape index (κ3) is 3.43. The Balaban J connectivity index is 0.00000169. The van der Waals surface area contributed by atoms with E-state index in [2.05, 4.69) is 47.5 Å². The van der Waals surface area contributed by atoms with Gasteiger partial charge in [-0.1, -0.05) is 60.7 Å². The van der Waals surface area contributed by atoms with Crippen LogP contribution in [0.3, 0.4) is 0 Å². The van der Waals surface area contributed by atoms with E-state index in [1.54, 1.807) is 0 Å². The summed E-state index contributed by atoms with van der Waals surface area (Å²) in [4.78, 5) is 9.24. The second kappa shape index (κ2) is 7.48.